The number of rotatable bonds is 0. The Balaban J connectivity index is 1.95. The number of hydrogen-bond acceptors (Lipinski definition) is 3. The van der Waals surface area contributed by atoms with Crippen LogP contribution >= 0.6 is 0 Å². The molecule has 0 aromatic carbocycles. The average Bonchev–Trinajstić information content (AvgIpc) is 2.57. The minimum absolute atomic E-state index is 0.0660. The lowest BCUT2D eigenvalue weighted by Crippen LogP contribution is -2.46. The highest BCUT2D eigenvalue weighted by Crippen LogP contribution is 2.35. The van der Waals surface area contributed by atoms with E-state index < -0.39 is 5.60 Å². The minimum Gasteiger partial charge on any atom is -0.444 e. The van der Waals surface area contributed by atoms with Crippen LogP contribution in [-0.4, -0.2) is 35.5 Å². The maximum atomic E-state index is 11.9. The van der Waals surface area contributed by atoms with Crippen molar-refractivity contribution in [1.82, 2.24) is 4.90 Å². The molecule has 1 saturated heterocycles. The number of ketones is 1. The minimum atomic E-state index is -0.465. The number of nitrogens with zero attached hydrogens (tertiary/aromatic N) is 1. The molecule has 4 nitrogen and oxygen atoms in total. The van der Waals surface area contributed by atoms with Gasteiger partial charge in [-0.3, -0.25) is 4.79 Å². The summed E-state index contributed by atoms with van der Waals surface area (Å²) < 4.78 is 5.34. The summed E-state index contributed by atoms with van der Waals surface area (Å²) in [7, 11) is 0. The third-order valence-electron chi connectivity index (χ3n) is 3.58. The summed E-state index contributed by atoms with van der Waals surface area (Å²) in [6.07, 6.45) is 2.36. The van der Waals surface area contributed by atoms with Crippen molar-refractivity contribution in [2.45, 2.75) is 45.6 Å². The molecular weight excluding hydrogens is 218 g/mol. The van der Waals surface area contributed by atoms with Crippen LogP contribution in [0, 0.1) is 11.8 Å². The van der Waals surface area contributed by atoms with Gasteiger partial charge in [-0.25, -0.2) is 4.79 Å². The molecule has 1 saturated carbocycles. The fraction of sp³-hybridized carbons (Fsp3) is 0.846. The van der Waals surface area contributed by atoms with Gasteiger partial charge in [-0.1, -0.05) is 0 Å². The molecule has 2 fully saturated rings. The summed E-state index contributed by atoms with van der Waals surface area (Å²) in [5, 5.41) is 0. The summed E-state index contributed by atoms with van der Waals surface area (Å²) in [6.45, 7) is 6.86. The quantitative estimate of drug-likeness (QED) is 0.651. The number of piperidine rings is 1. The zero-order chi connectivity index (χ0) is 12.6. The molecule has 2 atom stereocenters. The molecule has 0 unspecified atom stereocenters. The van der Waals surface area contributed by atoms with Crippen molar-refractivity contribution < 1.29 is 14.3 Å². The van der Waals surface area contributed by atoms with E-state index in [0.29, 0.717) is 24.7 Å². The van der Waals surface area contributed by atoms with Crippen molar-refractivity contribution in [1.29, 1.82) is 0 Å². The van der Waals surface area contributed by atoms with Crippen molar-refractivity contribution in [2.75, 3.05) is 13.1 Å². The first-order valence-corrected chi connectivity index (χ1v) is 6.37. The van der Waals surface area contributed by atoms with Crippen LogP contribution in [0.3, 0.4) is 0 Å². The van der Waals surface area contributed by atoms with Gasteiger partial charge < -0.3 is 9.64 Å². The van der Waals surface area contributed by atoms with Gasteiger partial charge in [0.15, 0.2) is 0 Å². The van der Waals surface area contributed by atoms with Crippen LogP contribution in [0.25, 0.3) is 0 Å². The number of amides is 1. The highest BCUT2D eigenvalue weighted by molar-refractivity contribution is 5.84. The van der Waals surface area contributed by atoms with E-state index in [1.54, 1.807) is 4.90 Å². The number of Topliss-reactive ketones (excluding diaryl/α,β-unsaturated/α-hetero) is 1. The largest absolute Gasteiger partial charge is 0.444 e. The summed E-state index contributed by atoms with van der Waals surface area (Å²) >= 11 is 0. The van der Waals surface area contributed by atoms with Crippen molar-refractivity contribution in [3.8, 4) is 0 Å². The molecule has 0 aromatic rings. The highest BCUT2D eigenvalue weighted by Gasteiger charge is 2.40. The molecule has 96 valence electrons. The van der Waals surface area contributed by atoms with Gasteiger partial charge in [0.1, 0.15) is 11.4 Å². The summed E-state index contributed by atoms with van der Waals surface area (Å²) in [5.41, 5.74) is -0.465. The van der Waals surface area contributed by atoms with Gasteiger partial charge in [0.25, 0.3) is 0 Å². The van der Waals surface area contributed by atoms with E-state index in [-0.39, 0.29) is 12.0 Å². The van der Waals surface area contributed by atoms with Gasteiger partial charge in [-0.15, -0.1) is 0 Å². The van der Waals surface area contributed by atoms with E-state index in [0.717, 1.165) is 19.4 Å². The zero-order valence-electron chi connectivity index (χ0n) is 10.9. The van der Waals surface area contributed by atoms with E-state index in [1.807, 2.05) is 20.8 Å². The summed E-state index contributed by atoms with van der Waals surface area (Å²) in [6, 6.07) is 0. The van der Waals surface area contributed by atoms with Crippen LogP contribution in [-0.2, 0) is 9.53 Å². The molecule has 2 aliphatic rings. The second-order valence-corrected chi connectivity index (χ2v) is 6.09. The molecule has 0 radical (unpaired) electrons. The second-order valence-electron chi connectivity index (χ2n) is 6.09. The molecule has 0 aromatic heterocycles. The van der Waals surface area contributed by atoms with Gasteiger partial charge in [0.05, 0.1) is 0 Å². The van der Waals surface area contributed by atoms with Crippen molar-refractivity contribution in [3.05, 3.63) is 0 Å². The summed E-state index contributed by atoms with van der Waals surface area (Å²) in [4.78, 5) is 25.3. The Hall–Kier alpha value is -1.06. The predicted molar refractivity (Wildman–Crippen MR) is 63.6 cm³/mol. The maximum Gasteiger partial charge on any atom is 0.410 e. The van der Waals surface area contributed by atoms with Crippen LogP contribution < -0.4 is 0 Å². The first-order valence-electron chi connectivity index (χ1n) is 6.37. The van der Waals surface area contributed by atoms with Gasteiger partial charge in [-0.05, 0) is 39.5 Å². The number of likely N-dealkylation sites (tertiary alicyclic amines) is 1. The Morgan fingerprint density at radius 3 is 2.71 bits per heavy atom. The van der Waals surface area contributed by atoms with Crippen LogP contribution in [0.1, 0.15) is 40.0 Å². The molecular formula is C13H21NO3. The lowest BCUT2D eigenvalue weighted by atomic mass is 9.88. The molecule has 1 aliphatic heterocycles. The van der Waals surface area contributed by atoms with Crippen LogP contribution in [0.15, 0.2) is 0 Å². The Bertz CT molecular complexity index is 332. The first kappa shape index (κ1) is 12.4. The first-order chi connectivity index (χ1) is 7.87. The van der Waals surface area contributed by atoms with E-state index in [9.17, 15) is 9.59 Å². The predicted octanol–water partition coefficient (Wildman–Crippen LogP) is 2.22. The third-order valence-corrected chi connectivity index (χ3v) is 3.58. The van der Waals surface area contributed by atoms with Gasteiger partial charge in [0, 0.05) is 25.4 Å². The topological polar surface area (TPSA) is 46.6 Å². The molecule has 1 amide bonds. The van der Waals surface area contributed by atoms with Crippen LogP contribution in [0.4, 0.5) is 4.79 Å². The monoisotopic (exact) mass is 239 g/mol. The standard InChI is InChI=1S/C13H21NO3/c1-13(2,3)17-12(16)14-7-6-9-4-5-11(15)10(9)8-14/h9-10H,4-8H2,1-3H3/t9-,10+/m0/s1. The fourth-order valence-electron chi connectivity index (χ4n) is 2.72. The maximum absolute atomic E-state index is 11.9. The Kier molecular flexibility index (Phi) is 3.15. The molecule has 0 bridgehead atoms. The van der Waals surface area contributed by atoms with Crippen LogP contribution in [0.2, 0.25) is 0 Å². The number of carbonyl (C=O) groups excluding carboxylic acids is 2. The molecule has 17 heavy (non-hydrogen) atoms. The Morgan fingerprint density at radius 1 is 1.35 bits per heavy atom. The number of hydrogen-bond donors (Lipinski definition) is 0. The normalized spacial score (nSPS) is 29.1. The van der Waals surface area contributed by atoms with Gasteiger partial charge in [-0.2, -0.15) is 0 Å². The molecule has 1 aliphatic carbocycles. The zero-order valence-corrected chi connectivity index (χ0v) is 10.9. The van der Waals surface area contributed by atoms with E-state index in [2.05, 4.69) is 0 Å². The van der Waals surface area contributed by atoms with Crippen molar-refractivity contribution in [2.24, 2.45) is 11.8 Å². The lowest BCUT2D eigenvalue weighted by molar-refractivity contribution is -0.122. The van der Waals surface area contributed by atoms with Gasteiger partial charge >= 0.3 is 6.09 Å². The Morgan fingerprint density at radius 2 is 2.06 bits per heavy atom. The number of carbonyl (C=O) groups is 2. The molecule has 2 rings (SSSR count). The number of ether oxygens (including phenoxy) is 1. The highest BCUT2D eigenvalue weighted by atomic mass is 16.6. The average molecular weight is 239 g/mol. The molecule has 1 heterocycles. The Labute approximate surface area is 102 Å². The lowest BCUT2D eigenvalue weighted by Gasteiger charge is -2.35. The molecule has 4 heteroatoms. The third kappa shape index (κ3) is 2.79. The molecule has 0 spiro atoms. The fourth-order valence-corrected chi connectivity index (χ4v) is 2.72. The smallest absolute Gasteiger partial charge is 0.410 e. The van der Waals surface area contributed by atoms with Crippen LogP contribution in [0.5, 0.6) is 0 Å². The van der Waals surface area contributed by atoms with Crippen molar-refractivity contribution >= 4 is 11.9 Å². The molecule has 0 N–H and O–H groups in total. The van der Waals surface area contributed by atoms with Gasteiger partial charge in [0.2, 0.25) is 0 Å². The number of fused-ring (bicyclic) bond motifs is 1. The SMILES string of the molecule is CC(C)(C)OC(=O)N1CC[C@@H]2CCC(=O)[C@@H]2C1. The second kappa shape index (κ2) is 4.31. The van der Waals surface area contributed by atoms with E-state index in [1.165, 1.54) is 0 Å². The van der Waals surface area contributed by atoms with E-state index >= 15 is 0 Å². The summed E-state index contributed by atoms with van der Waals surface area (Å²) in [5.74, 6) is 0.890. The van der Waals surface area contributed by atoms with E-state index in [4.69, 9.17) is 4.74 Å². The van der Waals surface area contributed by atoms with Crippen molar-refractivity contribution in [3.63, 3.8) is 0 Å².